The van der Waals surface area contributed by atoms with E-state index in [4.69, 9.17) is 0 Å². The van der Waals surface area contributed by atoms with Gasteiger partial charge in [-0.2, -0.15) is 23.4 Å². The SMILES string of the molecule is FC(F)(F)c1cc(C2CC2)n(Cc2nnc(Nc3ccn(Cc4ccccc4)n3)s2)n1. The maximum absolute atomic E-state index is 13.1. The van der Waals surface area contributed by atoms with Gasteiger partial charge in [0.25, 0.3) is 0 Å². The second-order valence-electron chi connectivity index (χ2n) is 7.39. The fourth-order valence-corrected chi connectivity index (χ4v) is 4.03. The van der Waals surface area contributed by atoms with Gasteiger partial charge in [-0.3, -0.25) is 9.36 Å². The molecule has 0 bridgehead atoms. The van der Waals surface area contributed by atoms with E-state index in [1.807, 2.05) is 47.3 Å². The van der Waals surface area contributed by atoms with Gasteiger partial charge in [0.1, 0.15) is 5.01 Å². The molecule has 1 fully saturated rings. The molecule has 7 nitrogen and oxygen atoms in total. The normalized spacial score (nSPS) is 14.2. The first kappa shape index (κ1) is 19.7. The van der Waals surface area contributed by atoms with E-state index in [1.54, 1.807) is 0 Å². The van der Waals surface area contributed by atoms with Gasteiger partial charge in [0.2, 0.25) is 5.13 Å². The van der Waals surface area contributed by atoms with Crippen molar-refractivity contribution in [2.45, 2.75) is 38.0 Å². The predicted octanol–water partition coefficient (Wildman–Crippen LogP) is 4.67. The molecule has 3 aromatic heterocycles. The van der Waals surface area contributed by atoms with Crippen LogP contribution in [-0.4, -0.2) is 29.8 Å². The summed E-state index contributed by atoms with van der Waals surface area (Å²) >= 11 is 1.27. The van der Waals surface area contributed by atoms with Crippen molar-refractivity contribution in [3.05, 3.63) is 70.6 Å². The third kappa shape index (κ3) is 4.61. The van der Waals surface area contributed by atoms with Crippen LogP contribution in [0, 0.1) is 0 Å². The number of alkyl halides is 3. The quantitative estimate of drug-likeness (QED) is 0.448. The molecule has 1 aliphatic carbocycles. The van der Waals surface area contributed by atoms with Gasteiger partial charge in [0, 0.05) is 23.9 Å². The summed E-state index contributed by atoms with van der Waals surface area (Å²) < 4.78 is 42.4. The van der Waals surface area contributed by atoms with Crippen LogP contribution in [0.2, 0.25) is 0 Å². The lowest BCUT2D eigenvalue weighted by Gasteiger charge is -2.03. The predicted molar refractivity (Wildman–Crippen MR) is 109 cm³/mol. The van der Waals surface area contributed by atoms with Gasteiger partial charge in [0.05, 0.1) is 13.1 Å². The molecule has 5 rings (SSSR count). The molecular formula is C20H18F3N7S. The van der Waals surface area contributed by atoms with Crippen molar-refractivity contribution in [3.63, 3.8) is 0 Å². The second kappa shape index (κ2) is 7.80. The van der Waals surface area contributed by atoms with Crippen LogP contribution in [0.1, 0.15) is 40.7 Å². The number of benzene rings is 1. The van der Waals surface area contributed by atoms with Crippen LogP contribution >= 0.6 is 11.3 Å². The Hall–Kier alpha value is -3.21. The summed E-state index contributed by atoms with van der Waals surface area (Å²) in [6, 6.07) is 13.0. The van der Waals surface area contributed by atoms with Crippen molar-refractivity contribution in [2.75, 3.05) is 5.32 Å². The van der Waals surface area contributed by atoms with Crippen LogP contribution in [0.15, 0.2) is 48.7 Å². The number of rotatable bonds is 7. The van der Waals surface area contributed by atoms with Gasteiger partial charge in [-0.25, -0.2) is 0 Å². The second-order valence-corrected chi connectivity index (χ2v) is 8.46. The first-order chi connectivity index (χ1) is 14.9. The van der Waals surface area contributed by atoms with Crippen molar-refractivity contribution < 1.29 is 13.2 Å². The molecule has 0 saturated heterocycles. The van der Waals surface area contributed by atoms with E-state index in [9.17, 15) is 13.2 Å². The van der Waals surface area contributed by atoms with Gasteiger partial charge in [-0.15, -0.1) is 10.2 Å². The molecule has 0 spiro atoms. The molecule has 0 amide bonds. The van der Waals surface area contributed by atoms with Gasteiger partial charge in [-0.05, 0) is 24.5 Å². The molecule has 0 radical (unpaired) electrons. The number of anilines is 2. The minimum Gasteiger partial charge on any atom is -0.313 e. The van der Waals surface area contributed by atoms with Gasteiger partial charge >= 0.3 is 6.18 Å². The molecule has 31 heavy (non-hydrogen) atoms. The van der Waals surface area contributed by atoms with Crippen LogP contribution in [0.5, 0.6) is 0 Å². The van der Waals surface area contributed by atoms with Crippen molar-refractivity contribution in [3.8, 4) is 0 Å². The maximum atomic E-state index is 13.1. The van der Waals surface area contributed by atoms with Gasteiger partial charge in [0.15, 0.2) is 11.5 Å². The Morgan fingerprint density at radius 2 is 1.84 bits per heavy atom. The van der Waals surface area contributed by atoms with E-state index in [2.05, 4.69) is 25.7 Å². The summed E-state index contributed by atoms with van der Waals surface area (Å²) in [4.78, 5) is 0. The molecule has 1 saturated carbocycles. The molecule has 1 aromatic carbocycles. The number of hydrogen-bond donors (Lipinski definition) is 1. The highest BCUT2D eigenvalue weighted by Gasteiger charge is 2.37. The van der Waals surface area contributed by atoms with Gasteiger partial charge in [-0.1, -0.05) is 41.7 Å². The zero-order valence-corrected chi connectivity index (χ0v) is 17.1. The number of hydrogen-bond acceptors (Lipinski definition) is 6. The van der Waals surface area contributed by atoms with Crippen LogP contribution in [0.3, 0.4) is 0 Å². The smallest absolute Gasteiger partial charge is 0.313 e. The Labute approximate surface area is 179 Å². The van der Waals surface area contributed by atoms with E-state index in [-0.39, 0.29) is 12.5 Å². The lowest BCUT2D eigenvalue weighted by atomic mass is 10.2. The monoisotopic (exact) mass is 445 g/mol. The summed E-state index contributed by atoms with van der Waals surface area (Å²) in [5, 5.41) is 20.6. The first-order valence-electron chi connectivity index (χ1n) is 9.76. The molecule has 1 N–H and O–H groups in total. The lowest BCUT2D eigenvalue weighted by molar-refractivity contribution is -0.141. The highest BCUT2D eigenvalue weighted by atomic mass is 32.1. The van der Waals surface area contributed by atoms with Gasteiger partial charge < -0.3 is 5.32 Å². The molecule has 1 aliphatic rings. The van der Waals surface area contributed by atoms with Crippen LogP contribution in [0.25, 0.3) is 0 Å². The van der Waals surface area contributed by atoms with Crippen LogP contribution < -0.4 is 5.32 Å². The summed E-state index contributed by atoms with van der Waals surface area (Å²) in [6.07, 6.45) is -0.821. The van der Waals surface area contributed by atoms with E-state index in [1.165, 1.54) is 16.0 Å². The van der Waals surface area contributed by atoms with E-state index >= 15 is 0 Å². The summed E-state index contributed by atoms with van der Waals surface area (Å²) in [7, 11) is 0. The molecule has 3 heterocycles. The molecule has 4 aromatic rings. The molecule has 0 aliphatic heterocycles. The largest absolute Gasteiger partial charge is 0.435 e. The first-order valence-corrected chi connectivity index (χ1v) is 10.6. The standard InChI is InChI=1S/C20H18F3N7S/c21-20(22,23)16-10-15(14-6-7-14)30(27-16)12-18-25-26-19(31-18)24-17-8-9-29(28-17)11-13-4-2-1-3-5-13/h1-5,8-10,14H,6-7,11-12H2,(H,24,26,28). The average molecular weight is 445 g/mol. The highest BCUT2D eigenvalue weighted by Crippen LogP contribution is 2.42. The Morgan fingerprint density at radius 1 is 1.03 bits per heavy atom. The molecule has 0 atom stereocenters. The van der Waals surface area contributed by atoms with Crippen LogP contribution in [0.4, 0.5) is 24.1 Å². The molecular weight excluding hydrogens is 427 g/mol. The number of aromatic nitrogens is 6. The minimum atomic E-state index is -4.46. The van der Waals surface area contributed by atoms with E-state index < -0.39 is 11.9 Å². The zero-order chi connectivity index (χ0) is 21.4. The van der Waals surface area contributed by atoms with Crippen molar-refractivity contribution >= 4 is 22.3 Å². The van der Waals surface area contributed by atoms with E-state index in [0.717, 1.165) is 24.5 Å². The van der Waals surface area contributed by atoms with Crippen molar-refractivity contribution in [1.29, 1.82) is 0 Å². The van der Waals surface area contributed by atoms with Crippen LogP contribution in [-0.2, 0) is 19.3 Å². The number of halogens is 3. The fourth-order valence-electron chi connectivity index (χ4n) is 3.30. The van der Waals surface area contributed by atoms with E-state index in [0.29, 0.717) is 28.2 Å². The Balaban J connectivity index is 1.27. The lowest BCUT2D eigenvalue weighted by Crippen LogP contribution is -2.09. The minimum absolute atomic E-state index is 0.141. The summed E-state index contributed by atoms with van der Waals surface area (Å²) in [5.74, 6) is 0.762. The molecule has 160 valence electrons. The summed E-state index contributed by atoms with van der Waals surface area (Å²) in [5.41, 5.74) is 0.886. The Kier molecular flexibility index (Phi) is 4.97. The van der Waals surface area contributed by atoms with Crippen molar-refractivity contribution in [1.82, 2.24) is 29.8 Å². The Morgan fingerprint density at radius 3 is 2.58 bits per heavy atom. The van der Waals surface area contributed by atoms with Crippen molar-refractivity contribution in [2.24, 2.45) is 0 Å². The Bertz CT molecular complexity index is 1180. The topological polar surface area (TPSA) is 73.5 Å². The number of nitrogens with one attached hydrogen (secondary N) is 1. The molecule has 0 unspecified atom stereocenters. The number of nitrogens with zero attached hydrogens (tertiary/aromatic N) is 6. The highest BCUT2D eigenvalue weighted by molar-refractivity contribution is 7.15. The third-order valence-electron chi connectivity index (χ3n) is 4.91. The maximum Gasteiger partial charge on any atom is 0.435 e. The fraction of sp³-hybridized carbons (Fsp3) is 0.300. The zero-order valence-electron chi connectivity index (χ0n) is 16.3. The third-order valence-corrected chi connectivity index (χ3v) is 5.74. The average Bonchev–Trinajstić information content (AvgIpc) is 3.10. The summed E-state index contributed by atoms with van der Waals surface area (Å²) in [6.45, 7) is 0.804. The molecule has 11 heteroatoms.